The summed E-state index contributed by atoms with van der Waals surface area (Å²) in [5.74, 6) is 0. The lowest BCUT2D eigenvalue weighted by molar-refractivity contribution is 0.0240. The van der Waals surface area contributed by atoms with E-state index >= 15 is 0 Å². The van der Waals surface area contributed by atoms with E-state index in [-0.39, 0.29) is 12.1 Å². The smallest absolute Gasteiger partial charge is 0.410 e. The number of rotatable bonds is 1. The second kappa shape index (κ2) is 4.88. The molecule has 0 bridgehead atoms. The number of H-pyrrole nitrogens is 1. The van der Waals surface area contributed by atoms with Gasteiger partial charge in [0.05, 0.1) is 24.3 Å². The SMILES string of the molecule is CSc1nc2c(c(=O)[nH]1)CN(C(=O)OC(C)(C)C)C2. The molecule has 0 atom stereocenters. The number of hydrogen-bond acceptors (Lipinski definition) is 5. The largest absolute Gasteiger partial charge is 0.444 e. The van der Waals surface area contributed by atoms with Crippen LogP contribution in [0.15, 0.2) is 9.95 Å². The normalized spacial score (nSPS) is 14.4. The zero-order chi connectivity index (χ0) is 14.2. The van der Waals surface area contributed by atoms with Crippen molar-refractivity contribution in [2.24, 2.45) is 0 Å². The third-order valence-corrected chi connectivity index (χ3v) is 3.19. The van der Waals surface area contributed by atoms with Gasteiger partial charge < -0.3 is 9.72 Å². The molecule has 0 saturated carbocycles. The van der Waals surface area contributed by atoms with Crippen molar-refractivity contribution in [1.82, 2.24) is 14.9 Å². The lowest BCUT2D eigenvalue weighted by Crippen LogP contribution is -2.33. The molecule has 104 valence electrons. The average molecular weight is 283 g/mol. The first kappa shape index (κ1) is 13.9. The Morgan fingerprint density at radius 2 is 2.11 bits per heavy atom. The van der Waals surface area contributed by atoms with E-state index in [4.69, 9.17) is 4.74 Å². The summed E-state index contributed by atoms with van der Waals surface area (Å²) in [4.78, 5) is 32.3. The van der Waals surface area contributed by atoms with Crippen LogP contribution >= 0.6 is 11.8 Å². The van der Waals surface area contributed by atoms with Crippen molar-refractivity contribution in [3.63, 3.8) is 0 Å². The number of aromatic amines is 1. The molecule has 6 nitrogen and oxygen atoms in total. The third kappa shape index (κ3) is 3.09. The fourth-order valence-corrected chi connectivity index (χ4v) is 2.19. The molecule has 2 rings (SSSR count). The first-order valence-electron chi connectivity index (χ1n) is 5.94. The van der Waals surface area contributed by atoms with Crippen molar-refractivity contribution in [2.75, 3.05) is 6.26 Å². The maximum Gasteiger partial charge on any atom is 0.410 e. The Hall–Kier alpha value is -1.50. The van der Waals surface area contributed by atoms with E-state index in [0.29, 0.717) is 23.0 Å². The molecule has 1 aromatic rings. The quantitative estimate of drug-likeness (QED) is 0.627. The van der Waals surface area contributed by atoms with Crippen LogP contribution in [-0.4, -0.2) is 32.8 Å². The number of carbonyl (C=O) groups is 1. The number of nitrogens with one attached hydrogen (secondary N) is 1. The molecule has 0 fully saturated rings. The van der Waals surface area contributed by atoms with Crippen LogP contribution < -0.4 is 5.56 Å². The molecule has 1 amide bonds. The minimum atomic E-state index is -0.545. The fourth-order valence-electron chi connectivity index (χ4n) is 1.80. The van der Waals surface area contributed by atoms with Crippen LogP contribution in [-0.2, 0) is 17.8 Å². The Labute approximate surface area is 115 Å². The molecular formula is C12H17N3O3S. The summed E-state index contributed by atoms with van der Waals surface area (Å²) in [6.45, 7) is 6.00. The zero-order valence-electron chi connectivity index (χ0n) is 11.4. The van der Waals surface area contributed by atoms with Gasteiger partial charge in [0.15, 0.2) is 5.16 Å². The molecule has 2 heterocycles. The molecule has 1 aromatic heterocycles. The van der Waals surface area contributed by atoms with Gasteiger partial charge in [-0.15, -0.1) is 0 Å². The van der Waals surface area contributed by atoms with Gasteiger partial charge in [0.2, 0.25) is 0 Å². The molecule has 0 unspecified atom stereocenters. The van der Waals surface area contributed by atoms with E-state index in [1.165, 1.54) is 16.7 Å². The number of hydrogen-bond donors (Lipinski definition) is 1. The molecule has 1 aliphatic heterocycles. The highest BCUT2D eigenvalue weighted by Crippen LogP contribution is 2.21. The van der Waals surface area contributed by atoms with Gasteiger partial charge in [-0.05, 0) is 27.0 Å². The van der Waals surface area contributed by atoms with E-state index in [1.807, 2.05) is 27.0 Å². The van der Waals surface area contributed by atoms with Gasteiger partial charge in [0.25, 0.3) is 5.56 Å². The van der Waals surface area contributed by atoms with E-state index in [2.05, 4.69) is 9.97 Å². The minimum Gasteiger partial charge on any atom is -0.444 e. The van der Waals surface area contributed by atoms with Crippen molar-refractivity contribution in [1.29, 1.82) is 0 Å². The van der Waals surface area contributed by atoms with Crippen LogP contribution in [0.4, 0.5) is 4.79 Å². The van der Waals surface area contributed by atoms with Gasteiger partial charge in [-0.25, -0.2) is 9.78 Å². The molecular weight excluding hydrogens is 266 g/mol. The lowest BCUT2D eigenvalue weighted by atomic mass is 10.2. The monoisotopic (exact) mass is 283 g/mol. The van der Waals surface area contributed by atoms with Crippen LogP contribution in [0.5, 0.6) is 0 Å². The number of carbonyl (C=O) groups excluding carboxylic acids is 1. The van der Waals surface area contributed by atoms with Crippen LogP contribution in [0.1, 0.15) is 32.0 Å². The summed E-state index contributed by atoms with van der Waals surface area (Å²) in [5, 5.41) is 0.565. The number of fused-ring (bicyclic) bond motifs is 1. The van der Waals surface area contributed by atoms with Gasteiger partial charge in [-0.3, -0.25) is 9.69 Å². The molecule has 7 heteroatoms. The van der Waals surface area contributed by atoms with Gasteiger partial charge in [-0.2, -0.15) is 0 Å². The predicted octanol–water partition coefficient (Wildman–Crippen LogP) is 1.74. The van der Waals surface area contributed by atoms with Crippen molar-refractivity contribution in [2.45, 2.75) is 44.6 Å². The van der Waals surface area contributed by atoms with Crippen molar-refractivity contribution < 1.29 is 9.53 Å². The molecule has 1 aliphatic rings. The molecule has 0 spiro atoms. The molecule has 0 aliphatic carbocycles. The summed E-state index contributed by atoms with van der Waals surface area (Å²) >= 11 is 1.37. The number of ether oxygens (including phenoxy) is 1. The Kier molecular flexibility index (Phi) is 3.58. The lowest BCUT2D eigenvalue weighted by Gasteiger charge is -2.23. The molecule has 19 heavy (non-hydrogen) atoms. The maximum atomic E-state index is 12.0. The first-order valence-corrected chi connectivity index (χ1v) is 7.16. The van der Waals surface area contributed by atoms with Crippen LogP contribution in [0, 0.1) is 0 Å². The number of amides is 1. The Balaban J connectivity index is 2.19. The molecule has 0 saturated heterocycles. The second-order valence-corrected chi connectivity index (χ2v) is 6.13. The highest BCUT2D eigenvalue weighted by atomic mass is 32.2. The van der Waals surface area contributed by atoms with Gasteiger partial charge in [0, 0.05) is 0 Å². The number of aromatic nitrogens is 2. The van der Waals surface area contributed by atoms with E-state index in [0.717, 1.165) is 0 Å². The van der Waals surface area contributed by atoms with E-state index < -0.39 is 11.7 Å². The van der Waals surface area contributed by atoms with Crippen LogP contribution in [0.2, 0.25) is 0 Å². The molecule has 1 N–H and O–H groups in total. The average Bonchev–Trinajstić information content (AvgIpc) is 2.71. The molecule has 0 radical (unpaired) electrons. The Morgan fingerprint density at radius 3 is 2.68 bits per heavy atom. The van der Waals surface area contributed by atoms with Crippen molar-refractivity contribution >= 4 is 17.9 Å². The summed E-state index contributed by atoms with van der Waals surface area (Å²) in [6, 6.07) is 0. The summed E-state index contributed by atoms with van der Waals surface area (Å²) in [5.41, 5.74) is 0.471. The topological polar surface area (TPSA) is 75.3 Å². The Morgan fingerprint density at radius 1 is 1.42 bits per heavy atom. The molecule has 0 aromatic carbocycles. The third-order valence-electron chi connectivity index (χ3n) is 2.61. The van der Waals surface area contributed by atoms with Crippen LogP contribution in [0.25, 0.3) is 0 Å². The van der Waals surface area contributed by atoms with Crippen LogP contribution in [0.3, 0.4) is 0 Å². The second-order valence-electron chi connectivity index (χ2n) is 5.34. The minimum absolute atomic E-state index is 0.180. The zero-order valence-corrected chi connectivity index (χ0v) is 12.3. The number of nitrogens with zero attached hydrogens (tertiary/aromatic N) is 2. The van der Waals surface area contributed by atoms with Gasteiger partial charge >= 0.3 is 6.09 Å². The fraction of sp³-hybridized carbons (Fsp3) is 0.583. The van der Waals surface area contributed by atoms with Crippen molar-refractivity contribution in [3.05, 3.63) is 21.6 Å². The highest BCUT2D eigenvalue weighted by Gasteiger charge is 2.30. The van der Waals surface area contributed by atoms with Gasteiger partial charge in [0.1, 0.15) is 5.60 Å². The summed E-state index contributed by atoms with van der Waals surface area (Å²) in [7, 11) is 0. The summed E-state index contributed by atoms with van der Waals surface area (Å²) < 4.78 is 5.29. The first-order chi connectivity index (χ1) is 8.80. The van der Waals surface area contributed by atoms with Gasteiger partial charge in [-0.1, -0.05) is 11.8 Å². The standard InChI is InChI=1S/C12H17N3O3S/c1-12(2,3)18-11(17)15-5-7-8(6-15)13-10(19-4)14-9(7)16/h5-6H2,1-4H3,(H,13,14,16). The highest BCUT2D eigenvalue weighted by molar-refractivity contribution is 7.98. The summed E-state index contributed by atoms with van der Waals surface area (Å²) in [6.07, 6.45) is 1.42. The van der Waals surface area contributed by atoms with Crippen molar-refractivity contribution in [3.8, 4) is 0 Å². The van der Waals surface area contributed by atoms with E-state index in [1.54, 1.807) is 0 Å². The van der Waals surface area contributed by atoms with E-state index in [9.17, 15) is 9.59 Å². The predicted molar refractivity (Wildman–Crippen MR) is 72.1 cm³/mol. The maximum absolute atomic E-state index is 12.0. The Bertz CT molecular complexity index is 562. The number of thioether (sulfide) groups is 1.